The van der Waals surface area contributed by atoms with Gasteiger partial charge in [0, 0.05) is 24.4 Å². The van der Waals surface area contributed by atoms with Crippen molar-refractivity contribution >= 4 is 39.9 Å². The van der Waals surface area contributed by atoms with Crippen molar-refractivity contribution < 1.29 is 46.3 Å². The average Bonchev–Trinajstić information content (AvgIpc) is 3.90. The fourth-order valence-corrected chi connectivity index (χ4v) is 9.96. The summed E-state index contributed by atoms with van der Waals surface area (Å²) in [4.78, 5) is 71.7. The van der Waals surface area contributed by atoms with Crippen molar-refractivity contribution in [3.8, 4) is 0 Å². The number of allylic oxidation sites excluding steroid dienone is 1. The number of hydrogen-bond donors (Lipinski definition) is 3. The molecular formula is C39H54FN5O9S. The smallest absolute Gasteiger partial charge is 0.410 e. The lowest BCUT2D eigenvalue weighted by molar-refractivity contribution is -0.141. The molecule has 0 spiro atoms. The van der Waals surface area contributed by atoms with E-state index in [1.54, 1.807) is 32.9 Å². The van der Waals surface area contributed by atoms with E-state index in [0.717, 1.165) is 12.8 Å². The van der Waals surface area contributed by atoms with Crippen molar-refractivity contribution in [1.29, 1.82) is 0 Å². The van der Waals surface area contributed by atoms with Gasteiger partial charge in [0.15, 0.2) is 0 Å². The number of hydrogen-bond acceptors (Lipinski definition) is 9. The van der Waals surface area contributed by atoms with Crippen molar-refractivity contribution in [2.75, 3.05) is 6.54 Å². The number of nitrogens with zero attached hydrogens (tertiary/aromatic N) is 2. The van der Waals surface area contributed by atoms with Gasteiger partial charge in [-0.2, -0.15) is 0 Å². The van der Waals surface area contributed by atoms with E-state index in [1.807, 2.05) is 26.0 Å². The molecule has 14 nitrogen and oxygen atoms in total. The Labute approximate surface area is 322 Å². The van der Waals surface area contributed by atoms with Crippen molar-refractivity contribution in [3.05, 3.63) is 47.3 Å². The highest BCUT2D eigenvalue weighted by molar-refractivity contribution is 7.91. The molecule has 16 heteroatoms. The predicted octanol–water partition coefficient (Wildman–Crippen LogP) is 4.56. The Bertz CT molecular complexity index is 1840. The number of fused-ring (bicyclic) bond motifs is 3. The molecule has 0 bridgehead atoms. The van der Waals surface area contributed by atoms with Gasteiger partial charge in [0.1, 0.15) is 35.1 Å². The molecule has 5 amide bonds. The number of carbonyl (C=O) groups is 5. The largest absolute Gasteiger partial charge is 0.444 e. The van der Waals surface area contributed by atoms with E-state index in [9.17, 15) is 36.8 Å². The summed E-state index contributed by atoms with van der Waals surface area (Å²) in [5, 5.41) is 5.51. The summed E-state index contributed by atoms with van der Waals surface area (Å²) in [5.74, 6) is -2.98. The molecule has 0 radical (unpaired) electrons. The van der Waals surface area contributed by atoms with Crippen LogP contribution in [-0.2, 0) is 47.0 Å². The quantitative estimate of drug-likeness (QED) is 0.334. The maximum absolute atomic E-state index is 14.5. The molecule has 6 rings (SSSR count). The first-order chi connectivity index (χ1) is 25.8. The SMILES string of the molecule is CC(C)CC1(S(=O)(=O)NC(=O)[C@@]23C[C@@H]2/C=C\CCCCC[C@H](NC(=O)OC(C)(C)C)C(=O)N2C[C@H](OC(=O)N4Cc5cccc(F)c5C4)C[C@H]2C(=O)N3)CC1. The van der Waals surface area contributed by atoms with E-state index in [1.165, 1.54) is 15.9 Å². The standard InChI is InChI=1S/C39H54FN5O9S/c1-24(2)19-38(16-17-38)55(51,52)43-34(48)39-20-26(39)13-9-7-6-8-10-15-30(41-35(49)54-37(3,4)5)33(47)45-22-27(18-31(45)32(46)42-39)53-36(50)44-21-25-12-11-14-29(40)28(25)23-44/h9,11-14,24,26-27,30-31H,6-8,10,15-23H2,1-5H3,(H,41,49)(H,42,46)(H,43,48)/b13-9-/t26-,27+,30-,31-,39+/m0/s1. The van der Waals surface area contributed by atoms with Crippen LogP contribution in [0.15, 0.2) is 30.4 Å². The van der Waals surface area contributed by atoms with E-state index >= 15 is 0 Å². The second kappa shape index (κ2) is 15.4. The molecule has 3 N–H and O–H groups in total. The van der Waals surface area contributed by atoms with Crippen molar-refractivity contribution in [1.82, 2.24) is 25.2 Å². The highest BCUT2D eigenvalue weighted by atomic mass is 32.2. The molecule has 302 valence electrons. The number of nitrogens with one attached hydrogen (secondary N) is 3. The van der Waals surface area contributed by atoms with Gasteiger partial charge in [-0.1, -0.05) is 51.0 Å². The molecule has 3 heterocycles. The minimum absolute atomic E-state index is 0.00407. The lowest BCUT2D eigenvalue weighted by atomic mass is 10.0. The molecule has 5 aliphatic rings. The average molecular weight is 788 g/mol. The molecule has 2 aliphatic carbocycles. The Morgan fingerprint density at radius 1 is 1.09 bits per heavy atom. The van der Waals surface area contributed by atoms with E-state index in [0.29, 0.717) is 43.2 Å². The molecule has 1 aromatic carbocycles. The molecule has 1 saturated heterocycles. The maximum Gasteiger partial charge on any atom is 0.410 e. The Kier molecular flexibility index (Phi) is 11.3. The van der Waals surface area contributed by atoms with Gasteiger partial charge < -0.3 is 25.0 Å². The number of halogens is 1. The summed E-state index contributed by atoms with van der Waals surface area (Å²) < 4.78 is 54.2. The molecule has 0 unspecified atom stereocenters. The third kappa shape index (κ3) is 8.94. The van der Waals surface area contributed by atoms with Crippen LogP contribution in [0.2, 0.25) is 0 Å². The highest BCUT2D eigenvalue weighted by Gasteiger charge is 2.64. The van der Waals surface area contributed by atoms with Crippen LogP contribution in [0.3, 0.4) is 0 Å². The summed E-state index contributed by atoms with van der Waals surface area (Å²) >= 11 is 0. The van der Waals surface area contributed by atoms with Crippen LogP contribution in [-0.4, -0.2) is 88.7 Å². The van der Waals surface area contributed by atoms with Gasteiger partial charge in [-0.15, -0.1) is 0 Å². The molecule has 2 saturated carbocycles. The van der Waals surface area contributed by atoms with Crippen LogP contribution in [0.4, 0.5) is 14.0 Å². The zero-order valence-electron chi connectivity index (χ0n) is 32.3. The van der Waals surface area contributed by atoms with Gasteiger partial charge in [0.25, 0.3) is 5.91 Å². The molecular weight excluding hydrogens is 734 g/mol. The van der Waals surface area contributed by atoms with Crippen LogP contribution in [0.25, 0.3) is 0 Å². The second-order valence-corrected chi connectivity index (χ2v) is 19.3. The number of alkyl carbamates (subject to hydrolysis) is 1. The molecule has 3 aliphatic heterocycles. The van der Waals surface area contributed by atoms with Crippen molar-refractivity contribution in [2.45, 2.75) is 146 Å². The lowest BCUT2D eigenvalue weighted by Crippen LogP contribution is -2.59. The summed E-state index contributed by atoms with van der Waals surface area (Å²) in [6.45, 7) is 8.87. The van der Waals surface area contributed by atoms with Crippen molar-refractivity contribution in [2.24, 2.45) is 11.8 Å². The molecule has 5 atom stereocenters. The van der Waals surface area contributed by atoms with Gasteiger partial charge in [-0.3, -0.25) is 24.0 Å². The topological polar surface area (TPSA) is 181 Å². The van der Waals surface area contributed by atoms with Crippen LogP contribution < -0.4 is 15.4 Å². The first-order valence-electron chi connectivity index (χ1n) is 19.4. The van der Waals surface area contributed by atoms with E-state index in [-0.39, 0.29) is 44.8 Å². The third-order valence-electron chi connectivity index (χ3n) is 11.2. The normalized spacial score (nSPS) is 28.4. The van der Waals surface area contributed by atoms with Gasteiger partial charge in [0.2, 0.25) is 21.8 Å². The van der Waals surface area contributed by atoms with E-state index < -0.39 is 85.7 Å². The van der Waals surface area contributed by atoms with Gasteiger partial charge >= 0.3 is 12.2 Å². The fraction of sp³-hybridized carbons (Fsp3) is 0.667. The monoisotopic (exact) mass is 787 g/mol. The van der Waals surface area contributed by atoms with E-state index in [2.05, 4.69) is 15.4 Å². The van der Waals surface area contributed by atoms with E-state index in [4.69, 9.17) is 9.47 Å². The molecule has 0 aromatic heterocycles. The van der Waals surface area contributed by atoms with Gasteiger partial charge in [-0.25, -0.2) is 22.4 Å². The number of sulfonamides is 1. The highest BCUT2D eigenvalue weighted by Crippen LogP contribution is 2.50. The summed E-state index contributed by atoms with van der Waals surface area (Å²) in [7, 11) is -4.08. The summed E-state index contributed by atoms with van der Waals surface area (Å²) in [5.41, 5.74) is -1.39. The number of rotatable bonds is 7. The zero-order chi connectivity index (χ0) is 39.9. The first kappa shape index (κ1) is 40.5. The minimum Gasteiger partial charge on any atom is -0.444 e. The van der Waals surface area contributed by atoms with Gasteiger partial charge in [-0.05, 0) is 83.3 Å². The third-order valence-corrected chi connectivity index (χ3v) is 13.3. The molecule has 3 fully saturated rings. The number of benzene rings is 1. The minimum atomic E-state index is -4.08. The van der Waals surface area contributed by atoms with Crippen LogP contribution in [0.1, 0.15) is 110 Å². The number of ether oxygens (including phenoxy) is 2. The predicted molar refractivity (Wildman–Crippen MR) is 199 cm³/mol. The Hall–Kier alpha value is -4.21. The van der Waals surface area contributed by atoms with Crippen LogP contribution >= 0.6 is 0 Å². The number of amides is 5. The lowest BCUT2D eigenvalue weighted by Gasteiger charge is -2.30. The maximum atomic E-state index is 14.5. The van der Waals surface area contributed by atoms with Crippen LogP contribution in [0.5, 0.6) is 0 Å². The molecule has 55 heavy (non-hydrogen) atoms. The fourth-order valence-electron chi connectivity index (χ4n) is 8.13. The van der Waals surface area contributed by atoms with Crippen LogP contribution in [0, 0.1) is 17.7 Å². The summed E-state index contributed by atoms with van der Waals surface area (Å²) in [6.07, 6.45) is 5.48. The number of carbonyl (C=O) groups excluding carboxylic acids is 5. The Morgan fingerprint density at radius 3 is 2.51 bits per heavy atom. The summed E-state index contributed by atoms with van der Waals surface area (Å²) in [6, 6.07) is 2.29. The first-order valence-corrected chi connectivity index (χ1v) is 20.9. The zero-order valence-corrected chi connectivity index (χ0v) is 33.1. The molecule has 1 aromatic rings. The Balaban J connectivity index is 1.26. The van der Waals surface area contributed by atoms with Crippen molar-refractivity contribution in [3.63, 3.8) is 0 Å². The second-order valence-electron chi connectivity index (χ2n) is 17.2. The van der Waals surface area contributed by atoms with Gasteiger partial charge in [0.05, 0.1) is 17.8 Å². The Morgan fingerprint density at radius 2 is 1.84 bits per heavy atom.